The molecule has 4 aromatic rings. The van der Waals surface area contributed by atoms with Gasteiger partial charge in [-0.1, -0.05) is 99.2 Å². The second-order valence-electron chi connectivity index (χ2n) is 15.7. The Morgan fingerprint density at radius 2 is 1.16 bits per heavy atom. The molecule has 2 saturated heterocycles. The SMILES string of the molecule is COC(=O)c1sc(-c2ccccc2)cc1N1C(=O)CC(=O)CC1C1CCCCC1.O=C(O)c1sc(-c2ccccc2)cc1N1C(=O)CC(O)CC1C1CCCCC1. The normalized spacial score (nSPS) is 22.2. The third-order valence-electron chi connectivity index (χ3n) is 11.9. The molecule has 2 aromatic heterocycles. The molecule has 2 saturated carbocycles. The molecule has 2 N–H and O–H groups in total. The number of carboxylic acid groups (broad SMARTS) is 1. The van der Waals surface area contributed by atoms with Crippen molar-refractivity contribution >= 4 is 63.6 Å². The number of hydrogen-bond acceptors (Lipinski definition) is 9. The van der Waals surface area contributed by atoms with Crippen LogP contribution in [-0.4, -0.2) is 65.0 Å². The van der Waals surface area contributed by atoms with E-state index in [1.807, 2.05) is 72.8 Å². The van der Waals surface area contributed by atoms with Crippen LogP contribution in [0.3, 0.4) is 0 Å². The number of ether oxygens (including phenoxy) is 1. The van der Waals surface area contributed by atoms with Gasteiger partial charge in [0.15, 0.2) is 0 Å². The van der Waals surface area contributed by atoms with Crippen molar-refractivity contribution < 1.29 is 38.9 Å². The average Bonchev–Trinajstić information content (AvgIpc) is 3.88. The fourth-order valence-electron chi connectivity index (χ4n) is 9.23. The summed E-state index contributed by atoms with van der Waals surface area (Å²) in [6.07, 6.45) is 11.2. The number of esters is 1. The number of amides is 2. The number of benzene rings is 2. The highest BCUT2D eigenvalue weighted by molar-refractivity contribution is 7.18. The molecule has 2 aromatic carbocycles. The maximum absolute atomic E-state index is 13.0. The number of Topliss-reactive ketones (excluding diaryl/α,β-unsaturated/α-hetero) is 1. The molecule has 2 amide bonds. The first kappa shape index (κ1) is 40.5. The molecule has 4 aliphatic rings. The van der Waals surface area contributed by atoms with Gasteiger partial charge in [-0.05, 0) is 67.2 Å². The zero-order chi connectivity index (χ0) is 40.1. The van der Waals surface area contributed by atoms with Crippen molar-refractivity contribution in [3.8, 4) is 20.9 Å². The first-order chi connectivity index (χ1) is 27.6. The number of carbonyl (C=O) groups is 5. The number of hydrogen-bond donors (Lipinski definition) is 2. The standard InChI is InChI=1S/C23H25NO4S.C22H25NO4S/c1-28-23(27)22-19(14-20(29-22)16-10-6-3-7-11-16)24-18(12-17(25)13-21(24)26)15-8-4-2-5-9-15;24-16-11-17(14-7-3-1-4-8-14)23(20(25)12-16)18-13-19(28-21(18)22(26)27)15-9-5-2-6-10-15/h3,6-7,10-11,14-15,18H,2,4-5,8-9,12-13H2,1H3;2,5-6,9-10,13-14,16-17,24H,1,3-4,7-8,11-12H2,(H,26,27). The van der Waals surface area contributed by atoms with Gasteiger partial charge in [0.05, 0.1) is 37.4 Å². The second-order valence-corrected chi connectivity index (χ2v) is 17.8. The summed E-state index contributed by atoms with van der Waals surface area (Å²) < 4.78 is 5.02. The Labute approximate surface area is 341 Å². The molecule has 0 spiro atoms. The van der Waals surface area contributed by atoms with E-state index in [1.54, 1.807) is 9.80 Å². The number of thiophene rings is 2. The first-order valence-corrected chi connectivity index (χ1v) is 21.8. The van der Waals surface area contributed by atoms with Gasteiger partial charge < -0.3 is 24.7 Å². The molecule has 10 nitrogen and oxygen atoms in total. The Morgan fingerprint density at radius 3 is 1.68 bits per heavy atom. The minimum Gasteiger partial charge on any atom is -0.477 e. The molecule has 300 valence electrons. The van der Waals surface area contributed by atoms with Gasteiger partial charge in [-0.15, -0.1) is 22.7 Å². The molecular formula is C45H50N2O8S2. The van der Waals surface area contributed by atoms with E-state index in [-0.39, 0.29) is 47.4 Å². The molecule has 4 fully saturated rings. The largest absolute Gasteiger partial charge is 0.477 e. The number of ketones is 1. The minimum absolute atomic E-state index is 0.0000426. The van der Waals surface area contributed by atoms with E-state index >= 15 is 0 Å². The highest BCUT2D eigenvalue weighted by Gasteiger charge is 2.42. The van der Waals surface area contributed by atoms with E-state index in [2.05, 4.69) is 0 Å². The van der Waals surface area contributed by atoms with Gasteiger partial charge in [0.1, 0.15) is 15.5 Å². The first-order valence-electron chi connectivity index (χ1n) is 20.2. The lowest BCUT2D eigenvalue weighted by Crippen LogP contribution is -2.52. The van der Waals surface area contributed by atoms with Crippen molar-refractivity contribution in [2.75, 3.05) is 16.9 Å². The van der Waals surface area contributed by atoms with Gasteiger partial charge in [-0.3, -0.25) is 14.4 Å². The van der Waals surface area contributed by atoms with Crippen molar-refractivity contribution in [1.29, 1.82) is 0 Å². The molecule has 0 bridgehead atoms. The molecule has 0 radical (unpaired) electrons. The molecule has 2 aliphatic heterocycles. The van der Waals surface area contributed by atoms with E-state index in [0.717, 1.165) is 72.2 Å². The van der Waals surface area contributed by atoms with Crippen LogP contribution in [0, 0.1) is 11.8 Å². The smallest absolute Gasteiger partial charge is 0.350 e. The highest BCUT2D eigenvalue weighted by Crippen LogP contribution is 2.44. The Kier molecular flexibility index (Phi) is 13.0. The summed E-state index contributed by atoms with van der Waals surface area (Å²) in [6.45, 7) is 0. The van der Waals surface area contributed by atoms with Crippen LogP contribution in [-0.2, 0) is 19.1 Å². The number of anilines is 2. The van der Waals surface area contributed by atoms with Gasteiger partial charge in [0.25, 0.3) is 0 Å². The van der Waals surface area contributed by atoms with Crippen LogP contribution in [0.25, 0.3) is 20.9 Å². The maximum atomic E-state index is 13.0. The number of nitrogens with zero attached hydrogens (tertiary/aromatic N) is 2. The predicted octanol–water partition coefficient (Wildman–Crippen LogP) is 9.40. The molecule has 3 atom stereocenters. The van der Waals surface area contributed by atoms with Crippen LogP contribution in [0.15, 0.2) is 72.8 Å². The van der Waals surface area contributed by atoms with Crippen LogP contribution in [0.1, 0.15) is 109 Å². The third kappa shape index (κ3) is 9.08. The van der Waals surface area contributed by atoms with E-state index in [0.29, 0.717) is 40.9 Å². The number of aliphatic hydroxyl groups is 1. The van der Waals surface area contributed by atoms with E-state index < -0.39 is 18.0 Å². The van der Waals surface area contributed by atoms with Crippen molar-refractivity contribution in [3.63, 3.8) is 0 Å². The number of carbonyl (C=O) groups excluding carboxylic acids is 4. The zero-order valence-electron chi connectivity index (χ0n) is 32.3. The number of methoxy groups -OCH3 is 1. The van der Waals surface area contributed by atoms with Crippen LogP contribution in [0.5, 0.6) is 0 Å². The number of carboxylic acids is 1. The lowest BCUT2D eigenvalue weighted by molar-refractivity contribution is -0.130. The number of aliphatic hydroxyl groups excluding tert-OH is 1. The van der Waals surface area contributed by atoms with Gasteiger partial charge in [0.2, 0.25) is 11.8 Å². The van der Waals surface area contributed by atoms with Gasteiger partial charge in [-0.2, -0.15) is 0 Å². The van der Waals surface area contributed by atoms with E-state index in [4.69, 9.17) is 4.74 Å². The summed E-state index contributed by atoms with van der Waals surface area (Å²) in [5, 5.41) is 20.1. The Bertz CT molecular complexity index is 2070. The van der Waals surface area contributed by atoms with E-state index in [9.17, 15) is 34.2 Å². The third-order valence-corrected chi connectivity index (χ3v) is 14.2. The monoisotopic (exact) mass is 810 g/mol. The number of aromatic carboxylic acids is 1. The summed E-state index contributed by atoms with van der Waals surface area (Å²) in [5.74, 6) is -1.23. The molecule has 8 rings (SSSR count). The fourth-order valence-corrected chi connectivity index (χ4v) is 11.3. The van der Waals surface area contributed by atoms with Gasteiger partial charge in [-0.25, -0.2) is 9.59 Å². The second kappa shape index (κ2) is 18.3. The van der Waals surface area contributed by atoms with Crippen molar-refractivity contribution in [2.45, 2.75) is 108 Å². The van der Waals surface area contributed by atoms with Crippen LogP contribution < -0.4 is 9.80 Å². The van der Waals surface area contributed by atoms with Crippen LogP contribution >= 0.6 is 22.7 Å². The summed E-state index contributed by atoms with van der Waals surface area (Å²) in [4.78, 5) is 68.6. The molecule has 57 heavy (non-hydrogen) atoms. The zero-order valence-corrected chi connectivity index (χ0v) is 33.9. The van der Waals surface area contributed by atoms with Gasteiger partial charge >= 0.3 is 11.9 Å². The highest BCUT2D eigenvalue weighted by atomic mass is 32.1. The van der Waals surface area contributed by atoms with Crippen LogP contribution in [0.4, 0.5) is 11.4 Å². The number of rotatable bonds is 8. The Hall–Kier alpha value is -4.65. The maximum Gasteiger partial charge on any atom is 0.350 e. The lowest BCUT2D eigenvalue weighted by Gasteiger charge is -2.43. The Balaban J connectivity index is 0.000000174. The van der Waals surface area contributed by atoms with Gasteiger partial charge in [0, 0.05) is 28.3 Å². The van der Waals surface area contributed by atoms with Crippen molar-refractivity contribution in [2.24, 2.45) is 11.8 Å². The summed E-state index contributed by atoms with van der Waals surface area (Å²) in [6, 6.07) is 22.9. The minimum atomic E-state index is -1.01. The van der Waals surface area contributed by atoms with Crippen molar-refractivity contribution in [3.05, 3.63) is 82.6 Å². The summed E-state index contributed by atoms with van der Waals surface area (Å²) >= 11 is 2.55. The van der Waals surface area contributed by atoms with E-state index in [1.165, 1.54) is 42.6 Å². The van der Waals surface area contributed by atoms with Crippen LogP contribution in [0.2, 0.25) is 0 Å². The van der Waals surface area contributed by atoms with Crippen molar-refractivity contribution in [1.82, 2.24) is 0 Å². The molecule has 2 aliphatic carbocycles. The fraction of sp³-hybridized carbons (Fsp3) is 0.444. The topological polar surface area (TPSA) is 142 Å². The molecule has 3 unspecified atom stereocenters. The molecular weight excluding hydrogens is 761 g/mol. The quantitative estimate of drug-likeness (QED) is 0.133. The lowest BCUT2D eigenvalue weighted by atomic mass is 9.79. The predicted molar refractivity (Wildman–Crippen MR) is 223 cm³/mol. The summed E-state index contributed by atoms with van der Waals surface area (Å²) in [5.41, 5.74) is 3.02. The molecule has 12 heteroatoms. The average molecular weight is 811 g/mol. The Morgan fingerprint density at radius 1 is 0.667 bits per heavy atom. The molecule has 4 heterocycles. The number of piperidine rings is 2. The summed E-state index contributed by atoms with van der Waals surface area (Å²) in [7, 11) is 1.36.